The highest BCUT2D eigenvalue weighted by Crippen LogP contribution is 2.38. The molecule has 2 aromatic heterocycles. The van der Waals surface area contributed by atoms with Gasteiger partial charge < -0.3 is 15.4 Å². The Balaban J connectivity index is 1.30. The summed E-state index contributed by atoms with van der Waals surface area (Å²) in [6, 6.07) is 6.59. The van der Waals surface area contributed by atoms with Crippen LogP contribution in [0.3, 0.4) is 0 Å². The summed E-state index contributed by atoms with van der Waals surface area (Å²) >= 11 is 0. The van der Waals surface area contributed by atoms with E-state index in [4.69, 9.17) is 4.74 Å². The van der Waals surface area contributed by atoms with Crippen LogP contribution in [0.25, 0.3) is 16.3 Å². The van der Waals surface area contributed by atoms with E-state index in [0.29, 0.717) is 72.7 Å². The first-order valence-electron chi connectivity index (χ1n) is 16.1. The van der Waals surface area contributed by atoms with E-state index in [9.17, 15) is 18.0 Å². The number of nitrogens with zero attached hydrogens (tertiary/aromatic N) is 4. The molecule has 1 unspecified atom stereocenters. The predicted octanol–water partition coefficient (Wildman–Crippen LogP) is 6.52. The first-order chi connectivity index (χ1) is 21.8. The molecule has 2 aliphatic rings. The first kappa shape index (κ1) is 33.8. The molecule has 0 aliphatic carbocycles. The Morgan fingerprint density at radius 1 is 1.13 bits per heavy atom. The zero-order chi connectivity index (χ0) is 33.1. The molecule has 3 aromatic rings. The number of piperidine rings is 1. The minimum Gasteiger partial charge on any atom is -0.381 e. The summed E-state index contributed by atoms with van der Waals surface area (Å²) in [7, 11) is 0. The van der Waals surface area contributed by atoms with E-state index >= 15 is 4.39 Å². The van der Waals surface area contributed by atoms with Gasteiger partial charge in [-0.15, -0.1) is 0 Å². The van der Waals surface area contributed by atoms with Crippen molar-refractivity contribution >= 4 is 27.9 Å². The van der Waals surface area contributed by atoms with Crippen molar-refractivity contribution < 1.29 is 27.1 Å². The highest BCUT2D eigenvalue weighted by molar-refractivity contribution is 6.00. The smallest absolute Gasteiger partial charge is 0.381 e. The molecule has 3 atom stereocenters. The predicted molar refractivity (Wildman–Crippen MR) is 172 cm³/mol. The van der Waals surface area contributed by atoms with E-state index in [0.717, 1.165) is 32.4 Å². The van der Waals surface area contributed by atoms with Gasteiger partial charge in [-0.25, -0.2) is 4.39 Å². The number of carbonyl (C=O) groups excluding carboxylic acids is 1. The number of alkyl halides is 4. The number of halogens is 4. The van der Waals surface area contributed by atoms with Crippen LogP contribution in [0.15, 0.2) is 43.2 Å². The zero-order valence-electron chi connectivity index (χ0n) is 26.8. The molecule has 12 heteroatoms. The molecule has 0 bridgehead atoms. The van der Waals surface area contributed by atoms with Crippen molar-refractivity contribution in [2.75, 3.05) is 38.2 Å². The number of amides is 1. The standard InChI is InChI=1S/C34H44F4N6O2/c1-22(34(36,37)38)31-26-10-5-11-29(42-30-12-15-43(21-28(30)35)25-9-7-16-46-17-13-25)27(26)18-24(41-31)8-6-14-39-32(45)23-19-40-44(20-23)33(2,3)4/h5,10-11,18-20,25,28,30,42H,1,6-9,12-17,21H2,2-4H3,(H,39,45)/t25?,28-,30+/m0/s1. The summed E-state index contributed by atoms with van der Waals surface area (Å²) in [6.45, 7) is 12.0. The van der Waals surface area contributed by atoms with Gasteiger partial charge in [0.05, 0.1) is 34.6 Å². The fraction of sp³-hybridized carbons (Fsp3) is 0.559. The first-order valence-corrected chi connectivity index (χ1v) is 16.1. The van der Waals surface area contributed by atoms with E-state index in [1.54, 1.807) is 35.1 Å². The number of hydrogen-bond acceptors (Lipinski definition) is 6. The minimum absolute atomic E-state index is 0.246. The number of ether oxygens (including phenoxy) is 1. The number of anilines is 1. The van der Waals surface area contributed by atoms with Crippen molar-refractivity contribution in [1.82, 2.24) is 25.0 Å². The van der Waals surface area contributed by atoms with Crippen LogP contribution in [0.2, 0.25) is 0 Å². The lowest BCUT2D eigenvalue weighted by molar-refractivity contribution is -0.0688. The number of carbonyl (C=O) groups is 1. The molecule has 1 amide bonds. The van der Waals surface area contributed by atoms with Crippen molar-refractivity contribution in [2.45, 2.75) is 89.3 Å². The fourth-order valence-electron chi connectivity index (χ4n) is 6.20. The average molecular weight is 645 g/mol. The molecule has 46 heavy (non-hydrogen) atoms. The molecule has 250 valence electrons. The van der Waals surface area contributed by atoms with Crippen molar-refractivity contribution in [2.24, 2.45) is 0 Å². The molecular formula is C34H44F4N6O2. The van der Waals surface area contributed by atoms with Crippen LogP contribution >= 0.6 is 0 Å². The number of aromatic nitrogens is 3. The Bertz CT molecular complexity index is 1520. The Labute approximate surface area is 267 Å². The molecule has 5 rings (SSSR count). The molecule has 2 N–H and O–H groups in total. The van der Waals surface area contributed by atoms with Gasteiger partial charge in [-0.3, -0.25) is 19.4 Å². The number of rotatable bonds is 9. The van der Waals surface area contributed by atoms with Crippen molar-refractivity contribution in [3.63, 3.8) is 0 Å². The summed E-state index contributed by atoms with van der Waals surface area (Å²) in [5, 5.41) is 11.3. The lowest BCUT2D eigenvalue weighted by Crippen LogP contribution is -2.51. The summed E-state index contributed by atoms with van der Waals surface area (Å²) in [5.74, 6) is -0.279. The molecular weight excluding hydrogens is 600 g/mol. The molecule has 8 nitrogen and oxygen atoms in total. The molecule has 0 saturated carbocycles. The Morgan fingerprint density at radius 2 is 1.93 bits per heavy atom. The maximum absolute atomic E-state index is 15.6. The lowest BCUT2D eigenvalue weighted by atomic mass is 9.97. The maximum atomic E-state index is 15.6. The normalized spacial score (nSPS) is 21.6. The van der Waals surface area contributed by atoms with Crippen LogP contribution in [0.5, 0.6) is 0 Å². The molecule has 0 radical (unpaired) electrons. The van der Waals surface area contributed by atoms with Gasteiger partial charge in [0.25, 0.3) is 5.91 Å². The third-order valence-corrected chi connectivity index (χ3v) is 8.83. The summed E-state index contributed by atoms with van der Waals surface area (Å²) < 4.78 is 64.6. The van der Waals surface area contributed by atoms with Crippen molar-refractivity contribution in [3.05, 3.63) is 60.2 Å². The van der Waals surface area contributed by atoms with Gasteiger partial charge in [-0.05, 0) is 71.4 Å². The number of allylic oxidation sites excluding steroid dienone is 1. The van der Waals surface area contributed by atoms with Crippen LogP contribution < -0.4 is 10.6 Å². The van der Waals surface area contributed by atoms with E-state index in [1.807, 2.05) is 20.8 Å². The van der Waals surface area contributed by atoms with Gasteiger partial charge >= 0.3 is 6.18 Å². The Morgan fingerprint density at radius 3 is 2.65 bits per heavy atom. The van der Waals surface area contributed by atoms with Gasteiger partial charge in [0.1, 0.15) is 6.17 Å². The molecule has 1 aromatic carbocycles. The highest BCUT2D eigenvalue weighted by atomic mass is 19.4. The average Bonchev–Trinajstić information content (AvgIpc) is 3.37. The second-order valence-electron chi connectivity index (χ2n) is 13.3. The monoisotopic (exact) mass is 644 g/mol. The number of pyridine rings is 1. The Kier molecular flexibility index (Phi) is 10.4. The maximum Gasteiger partial charge on any atom is 0.417 e. The summed E-state index contributed by atoms with van der Waals surface area (Å²) in [5.41, 5.74) is -0.129. The van der Waals surface area contributed by atoms with Crippen molar-refractivity contribution in [3.8, 4) is 0 Å². The molecule has 2 fully saturated rings. The molecule has 4 heterocycles. The molecule has 2 aliphatic heterocycles. The van der Waals surface area contributed by atoms with Gasteiger partial charge in [-0.2, -0.15) is 18.3 Å². The number of hydrogen-bond donors (Lipinski definition) is 2. The molecule has 2 saturated heterocycles. The van der Waals surface area contributed by atoms with E-state index in [2.05, 4.69) is 32.2 Å². The second kappa shape index (κ2) is 14.1. The van der Waals surface area contributed by atoms with Gasteiger partial charge in [-0.1, -0.05) is 18.7 Å². The van der Waals surface area contributed by atoms with Crippen LogP contribution in [0.1, 0.15) is 74.6 Å². The number of aryl methyl sites for hydroxylation is 1. The fourth-order valence-corrected chi connectivity index (χ4v) is 6.20. The largest absolute Gasteiger partial charge is 0.417 e. The quantitative estimate of drug-likeness (QED) is 0.204. The van der Waals surface area contributed by atoms with E-state index in [-0.39, 0.29) is 17.1 Å². The van der Waals surface area contributed by atoms with Crippen LogP contribution in [0.4, 0.5) is 23.2 Å². The SMILES string of the molecule is C=C(c1nc(CCCNC(=O)c2cnn(C(C)(C)C)c2)cc2c(N[C@@H]3CCN(C4CCCOCC4)C[C@@H]3F)cccc12)C(F)(F)F. The Hall–Kier alpha value is -3.51. The second-order valence-corrected chi connectivity index (χ2v) is 13.3. The minimum atomic E-state index is -4.67. The number of fused-ring (bicyclic) bond motifs is 1. The van der Waals surface area contributed by atoms with Crippen LogP contribution in [-0.2, 0) is 16.7 Å². The number of likely N-dealkylation sites (tertiary alicyclic amines) is 1. The van der Waals surface area contributed by atoms with E-state index < -0.39 is 24.0 Å². The topological polar surface area (TPSA) is 84.3 Å². The van der Waals surface area contributed by atoms with Crippen LogP contribution in [-0.4, -0.2) is 82.9 Å². The third kappa shape index (κ3) is 8.06. The van der Waals surface area contributed by atoms with E-state index in [1.165, 1.54) is 6.20 Å². The zero-order valence-corrected chi connectivity index (χ0v) is 26.8. The van der Waals surface area contributed by atoms with Gasteiger partial charge in [0, 0.05) is 67.2 Å². The van der Waals surface area contributed by atoms with Gasteiger partial charge in [0.15, 0.2) is 0 Å². The number of benzene rings is 1. The highest BCUT2D eigenvalue weighted by Gasteiger charge is 2.36. The van der Waals surface area contributed by atoms with Crippen LogP contribution in [0, 0.1) is 0 Å². The third-order valence-electron chi connectivity index (χ3n) is 8.83. The number of nitrogens with one attached hydrogen (secondary N) is 2. The summed E-state index contributed by atoms with van der Waals surface area (Å²) in [4.78, 5) is 19.2. The van der Waals surface area contributed by atoms with Crippen molar-refractivity contribution in [1.29, 1.82) is 0 Å². The lowest BCUT2D eigenvalue weighted by Gasteiger charge is -2.39. The summed E-state index contributed by atoms with van der Waals surface area (Å²) in [6.07, 6.45) is 1.56. The molecule has 0 spiro atoms. The van der Waals surface area contributed by atoms with Gasteiger partial charge in [0.2, 0.25) is 0 Å².